The predicted molar refractivity (Wildman–Crippen MR) is 65.5 cm³/mol. The molecule has 102 valence electrons. The molecule has 1 aromatic rings. The Morgan fingerprint density at radius 1 is 1.22 bits per heavy atom. The van der Waals surface area contributed by atoms with Gasteiger partial charge in [0, 0.05) is 13.1 Å². The molecule has 0 aliphatic rings. The lowest BCUT2D eigenvalue weighted by molar-refractivity contribution is -0.141. The van der Waals surface area contributed by atoms with Crippen molar-refractivity contribution in [3.05, 3.63) is 23.9 Å². The summed E-state index contributed by atoms with van der Waals surface area (Å²) in [6.07, 6.45) is -4.39. The highest BCUT2D eigenvalue weighted by Gasteiger charge is 2.32. The zero-order valence-corrected chi connectivity index (χ0v) is 10.6. The monoisotopic (exact) mass is 261 g/mol. The van der Waals surface area contributed by atoms with Crippen molar-refractivity contribution < 1.29 is 13.2 Å². The quantitative estimate of drug-likeness (QED) is 0.853. The van der Waals surface area contributed by atoms with Crippen molar-refractivity contribution in [1.29, 1.82) is 0 Å². The van der Waals surface area contributed by atoms with Gasteiger partial charge in [-0.25, -0.2) is 4.98 Å². The standard InChI is InChI=1S/C12H18F3N3/c1-3-18(4-2)9-8-16-11-7-5-6-10(17-11)12(13,14)15/h5-7H,3-4,8-9H2,1-2H3,(H,16,17). The van der Waals surface area contributed by atoms with Crippen LogP contribution in [-0.2, 0) is 6.18 Å². The molecule has 6 heteroatoms. The van der Waals surface area contributed by atoms with Gasteiger partial charge < -0.3 is 10.2 Å². The van der Waals surface area contributed by atoms with E-state index in [4.69, 9.17) is 0 Å². The van der Waals surface area contributed by atoms with Crippen LogP contribution in [0.3, 0.4) is 0 Å². The summed E-state index contributed by atoms with van der Waals surface area (Å²) in [5, 5.41) is 2.90. The lowest BCUT2D eigenvalue weighted by Crippen LogP contribution is -2.28. The summed E-state index contributed by atoms with van der Waals surface area (Å²) in [4.78, 5) is 5.72. The lowest BCUT2D eigenvalue weighted by atomic mass is 10.3. The molecular weight excluding hydrogens is 243 g/mol. The first-order valence-corrected chi connectivity index (χ1v) is 5.97. The number of hydrogen-bond acceptors (Lipinski definition) is 3. The Hall–Kier alpha value is -1.30. The maximum Gasteiger partial charge on any atom is 0.433 e. The fourth-order valence-electron chi connectivity index (χ4n) is 1.57. The van der Waals surface area contributed by atoms with Crippen molar-refractivity contribution >= 4 is 5.82 Å². The molecule has 0 saturated carbocycles. The van der Waals surface area contributed by atoms with E-state index < -0.39 is 11.9 Å². The van der Waals surface area contributed by atoms with Gasteiger partial charge in [-0.15, -0.1) is 0 Å². The molecule has 1 heterocycles. The van der Waals surface area contributed by atoms with Crippen LogP contribution < -0.4 is 5.32 Å². The molecule has 0 bridgehead atoms. The number of hydrogen-bond donors (Lipinski definition) is 1. The topological polar surface area (TPSA) is 28.2 Å². The molecule has 0 amide bonds. The molecular formula is C12H18F3N3. The Bertz CT molecular complexity index is 362. The zero-order chi connectivity index (χ0) is 13.6. The van der Waals surface area contributed by atoms with Crippen LogP contribution in [0.1, 0.15) is 19.5 Å². The summed E-state index contributed by atoms with van der Waals surface area (Å²) >= 11 is 0. The van der Waals surface area contributed by atoms with Crippen LogP contribution in [-0.4, -0.2) is 36.1 Å². The van der Waals surface area contributed by atoms with E-state index in [0.29, 0.717) is 6.54 Å². The zero-order valence-electron chi connectivity index (χ0n) is 10.6. The van der Waals surface area contributed by atoms with Gasteiger partial charge in [0.25, 0.3) is 0 Å². The highest BCUT2D eigenvalue weighted by atomic mass is 19.4. The van der Waals surface area contributed by atoms with Gasteiger partial charge in [-0.2, -0.15) is 13.2 Å². The van der Waals surface area contributed by atoms with Crippen LogP contribution in [0.2, 0.25) is 0 Å². The first-order valence-electron chi connectivity index (χ1n) is 5.97. The largest absolute Gasteiger partial charge is 0.433 e. The first-order chi connectivity index (χ1) is 8.47. The maximum absolute atomic E-state index is 12.4. The number of alkyl halides is 3. The van der Waals surface area contributed by atoms with Gasteiger partial charge in [-0.3, -0.25) is 0 Å². The third kappa shape index (κ3) is 4.52. The second kappa shape index (κ2) is 6.58. The summed E-state index contributed by atoms with van der Waals surface area (Å²) in [7, 11) is 0. The fourth-order valence-corrected chi connectivity index (χ4v) is 1.57. The van der Waals surface area contributed by atoms with Gasteiger partial charge in [0.15, 0.2) is 0 Å². The van der Waals surface area contributed by atoms with Crippen LogP contribution in [0.25, 0.3) is 0 Å². The van der Waals surface area contributed by atoms with Gasteiger partial charge >= 0.3 is 6.18 Å². The first kappa shape index (κ1) is 14.8. The van der Waals surface area contributed by atoms with Gasteiger partial charge in [-0.1, -0.05) is 19.9 Å². The average molecular weight is 261 g/mol. The normalized spacial score (nSPS) is 11.9. The molecule has 1 aromatic heterocycles. The third-order valence-electron chi connectivity index (χ3n) is 2.67. The van der Waals surface area contributed by atoms with E-state index in [9.17, 15) is 13.2 Å². The second-order valence-electron chi connectivity index (χ2n) is 3.86. The van der Waals surface area contributed by atoms with E-state index in [-0.39, 0.29) is 5.82 Å². The molecule has 0 aliphatic heterocycles. The average Bonchev–Trinajstić information content (AvgIpc) is 2.34. The van der Waals surface area contributed by atoms with E-state index in [1.807, 2.05) is 13.8 Å². The molecule has 0 saturated heterocycles. The Labute approximate surface area is 105 Å². The maximum atomic E-state index is 12.4. The fraction of sp³-hybridized carbons (Fsp3) is 0.583. The van der Waals surface area contributed by atoms with Crippen molar-refractivity contribution in [2.45, 2.75) is 20.0 Å². The second-order valence-corrected chi connectivity index (χ2v) is 3.86. The molecule has 1 N–H and O–H groups in total. The minimum absolute atomic E-state index is 0.261. The number of likely N-dealkylation sites (N-methyl/N-ethyl adjacent to an activating group) is 1. The summed E-state index contributed by atoms with van der Waals surface area (Å²) in [6, 6.07) is 3.86. The molecule has 3 nitrogen and oxygen atoms in total. The van der Waals surface area contributed by atoms with Crippen molar-refractivity contribution in [1.82, 2.24) is 9.88 Å². The number of nitrogens with zero attached hydrogens (tertiary/aromatic N) is 2. The molecule has 0 unspecified atom stereocenters. The number of anilines is 1. The number of aromatic nitrogens is 1. The van der Waals surface area contributed by atoms with Gasteiger partial charge in [0.2, 0.25) is 0 Å². The Kier molecular flexibility index (Phi) is 5.40. The number of rotatable bonds is 6. The Morgan fingerprint density at radius 2 is 1.89 bits per heavy atom. The van der Waals surface area contributed by atoms with E-state index in [0.717, 1.165) is 25.7 Å². The van der Waals surface area contributed by atoms with Crippen molar-refractivity contribution in [3.63, 3.8) is 0 Å². The SMILES string of the molecule is CCN(CC)CCNc1cccc(C(F)(F)F)n1. The Morgan fingerprint density at radius 3 is 2.44 bits per heavy atom. The molecule has 0 aromatic carbocycles. The van der Waals surface area contributed by atoms with Gasteiger partial charge in [0.05, 0.1) is 0 Å². The summed E-state index contributed by atoms with van der Waals surface area (Å²) in [5.41, 5.74) is -0.865. The lowest BCUT2D eigenvalue weighted by Gasteiger charge is -2.18. The van der Waals surface area contributed by atoms with Gasteiger partial charge in [-0.05, 0) is 25.2 Å². The molecule has 0 fully saturated rings. The van der Waals surface area contributed by atoms with Crippen LogP contribution in [0, 0.1) is 0 Å². The number of halogens is 3. The van der Waals surface area contributed by atoms with E-state index in [1.54, 1.807) is 0 Å². The van der Waals surface area contributed by atoms with Crippen molar-refractivity contribution in [2.24, 2.45) is 0 Å². The van der Waals surface area contributed by atoms with Crippen molar-refractivity contribution in [3.8, 4) is 0 Å². The molecule has 0 spiro atoms. The molecule has 1 rings (SSSR count). The van der Waals surface area contributed by atoms with Crippen LogP contribution in [0.5, 0.6) is 0 Å². The molecule has 0 aliphatic carbocycles. The van der Waals surface area contributed by atoms with Gasteiger partial charge in [0.1, 0.15) is 11.5 Å². The third-order valence-corrected chi connectivity index (χ3v) is 2.67. The Balaban J connectivity index is 2.53. The highest BCUT2D eigenvalue weighted by Crippen LogP contribution is 2.27. The van der Waals surface area contributed by atoms with E-state index in [2.05, 4.69) is 15.2 Å². The van der Waals surface area contributed by atoms with E-state index in [1.165, 1.54) is 12.1 Å². The van der Waals surface area contributed by atoms with Crippen molar-refractivity contribution in [2.75, 3.05) is 31.5 Å². The minimum atomic E-state index is -4.39. The summed E-state index contributed by atoms with van der Waals surface area (Å²) < 4.78 is 37.3. The molecule has 0 radical (unpaired) electrons. The highest BCUT2D eigenvalue weighted by molar-refractivity contribution is 5.35. The van der Waals surface area contributed by atoms with E-state index >= 15 is 0 Å². The van der Waals surface area contributed by atoms with Crippen LogP contribution in [0.4, 0.5) is 19.0 Å². The molecule has 18 heavy (non-hydrogen) atoms. The summed E-state index contributed by atoms with van der Waals surface area (Å²) in [5.74, 6) is 0.261. The van der Waals surface area contributed by atoms with Crippen LogP contribution >= 0.6 is 0 Å². The summed E-state index contributed by atoms with van der Waals surface area (Å²) in [6.45, 7) is 7.31. The number of pyridine rings is 1. The van der Waals surface area contributed by atoms with Crippen LogP contribution in [0.15, 0.2) is 18.2 Å². The minimum Gasteiger partial charge on any atom is -0.369 e. The molecule has 0 atom stereocenters. The predicted octanol–water partition coefficient (Wildman–Crippen LogP) is 2.85. The smallest absolute Gasteiger partial charge is 0.369 e. The number of nitrogens with one attached hydrogen (secondary N) is 1.